The van der Waals surface area contributed by atoms with E-state index in [1.165, 1.54) is 4.90 Å². The lowest BCUT2D eigenvalue weighted by molar-refractivity contribution is -0.137. The molecule has 2 fully saturated rings. The van der Waals surface area contributed by atoms with Crippen molar-refractivity contribution in [3.8, 4) is 0 Å². The molecule has 5 heteroatoms. The zero-order valence-electron chi connectivity index (χ0n) is 12.5. The largest absolute Gasteiger partial charge is 0.439 e. The van der Waals surface area contributed by atoms with Crippen LogP contribution in [0.25, 0.3) is 0 Å². The van der Waals surface area contributed by atoms with E-state index in [2.05, 4.69) is 0 Å². The molecule has 1 saturated heterocycles. The Bertz CT molecular complexity index is 598. The van der Waals surface area contributed by atoms with Crippen molar-refractivity contribution in [2.75, 3.05) is 0 Å². The molecule has 116 valence electrons. The van der Waals surface area contributed by atoms with Gasteiger partial charge in [0.05, 0.1) is 6.04 Å². The molecule has 0 N–H and O–H groups in total. The van der Waals surface area contributed by atoms with Gasteiger partial charge in [0.15, 0.2) is 0 Å². The second-order valence-electron chi connectivity index (χ2n) is 6.00. The number of cyclic esters (lactones) is 1. The van der Waals surface area contributed by atoms with Gasteiger partial charge in [-0.3, -0.25) is 9.59 Å². The third kappa shape index (κ3) is 2.63. The van der Waals surface area contributed by atoms with E-state index < -0.39 is 12.2 Å². The Hall–Kier alpha value is -2.17. The molecule has 2 aliphatic rings. The van der Waals surface area contributed by atoms with Gasteiger partial charge < -0.3 is 4.74 Å². The average Bonchev–Trinajstić information content (AvgIpc) is 2.82. The number of hydrogen-bond acceptors (Lipinski definition) is 4. The molecule has 3 atom stereocenters. The van der Waals surface area contributed by atoms with E-state index in [0.29, 0.717) is 19.3 Å². The first-order valence-electron chi connectivity index (χ1n) is 7.68. The molecule has 5 nitrogen and oxygen atoms in total. The van der Waals surface area contributed by atoms with Gasteiger partial charge in [0.2, 0.25) is 5.91 Å². The number of carbonyl (C=O) groups is 3. The Morgan fingerprint density at radius 3 is 2.64 bits per heavy atom. The number of amides is 2. The lowest BCUT2D eigenvalue weighted by Crippen LogP contribution is -2.43. The molecule has 2 amide bonds. The smallest absolute Gasteiger partial charge is 0.417 e. The highest BCUT2D eigenvalue weighted by molar-refractivity contribution is 5.97. The third-order valence-corrected chi connectivity index (χ3v) is 4.47. The molecular formula is C17H19NO4. The van der Waals surface area contributed by atoms with Crippen LogP contribution in [-0.4, -0.2) is 28.7 Å². The molecule has 2 unspecified atom stereocenters. The molecule has 1 heterocycles. The van der Waals surface area contributed by atoms with Gasteiger partial charge in [-0.05, 0) is 25.3 Å². The van der Waals surface area contributed by atoms with Gasteiger partial charge in [-0.2, -0.15) is 0 Å². The summed E-state index contributed by atoms with van der Waals surface area (Å²) >= 11 is 0. The molecule has 3 rings (SSSR count). The number of carbonyl (C=O) groups excluding carboxylic acids is 3. The van der Waals surface area contributed by atoms with Gasteiger partial charge >= 0.3 is 6.09 Å². The van der Waals surface area contributed by atoms with Crippen molar-refractivity contribution in [2.45, 2.75) is 44.8 Å². The number of hydrogen-bond donors (Lipinski definition) is 0. The summed E-state index contributed by atoms with van der Waals surface area (Å²) in [5.74, 6) is -0.556. The lowest BCUT2D eigenvalue weighted by Gasteiger charge is -2.26. The quantitative estimate of drug-likeness (QED) is 0.842. The number of nitrogens with zero attached hydrogens (tertiary/aromatic N) is 1. The minimum atomic E-state index is -0.607. The summed E-state index contributed by atoms with van der Waals surface area (Å²) in [4.78, 5) is 37.5. The van der Waals surface area contributed by atoms with Crippen LogP contribution in [0.1, 0.15) is 44.3 Å². The molecule has 0 spiro atoms. The van der Waals surface area contributed by atoms with Crippen LogP contribution >= 0.6 is 0 Å². The van der Waals surface area contributed by atoms with Crippen molar-refractivity contribution in [1.29, 1.82) is 0 Å². The average molecular weight is 301 g/mol. The predicted molar refractivity (Wildman–Crippen MR) is 78.9 cm³/mol. The first kappa shape index (κ1) is 14.8. The molecule has 0 radical (unpaired) electrons. The van der Waals surface area contributed by atoms with Crippen molar-refractivity contribution in [1.82, 2.24) is 4.90 Å². The van der Waals surface area contributed by atoms with E-state index >= 15 is 0 Å². The zero-order valence-corrected chi connectivity index (χ0v) is 12.5. The van der Waals surface area contributed by atoms with E-state index in [9.17, 15) is 14.4 Å². The fourth-order valence-corrected chi connectivity index (χ4v) is 3.28. The highest BCUT2D eigenvalue weighted by Crippen LogP contribution is 2.35. The van der Waals surface area contributed by atoms with Crippen LogP contribution in [-0.2, 0) is 14.3 Å². The summed E-state index contributed by atoms with van der Waals surface area (Å²) in [6.07, 6.45) is 1.11. The molecule has 1 saturated carbocycles. The van der Waals surface area contributed by atoms with Crippen molar-refractivity contribution >= 4 is 17.8 Å². The molecule has 1 aliphatic carbocycles. The minimum absolute atomic E-state index is 0.101. The zero-order chi connectivity index (χ0) is 15.7. The maximum atomic E-state index is 12.6. The summed E-state index contributed by atoms with van der Waals surface area (Å²) < 4.78 is 5.39. The van der Waals surface area contributed by atoms with Crippen LogP contribution in [0.5, 0.6) is 0 Å². The Morgan fingerprint density at radius 1 is 1.23 bits per heavy atom. The number of benzene rings is 1. The predicted octanol–water partition coefficient (Wildman–Crippen LogP) is 2.85. The van der Waals surface area contributed by atoms with Crippen molar-refractivity contribution < 1.29 is 19.1 Å². The van der Waals surface area contributed by atoms with Gasteiger partial charge in [-0.15, -0.1) is 0 Å². The minimum Gasteiger partial charge on any atom is -0.439 e. The number of ether oxygens (including phenoxy) is 1. The van der Waals surface area contributed by atoms with E-state index in [1.54, 1.807) is 0 Å². The van der Waals surface area contributed by atoms with Crippen LogP contribution in [0.2, 0.25) is 0 Å². The summed E-state index contributed by atoms with van der Waals surface area (Å²) in [5, 5.41) is 0. The summed E-state index contributed by atoms with van der Waals surface area (Å²) in [5.41, 5.74) is 0.873. The van der Waals surface area contributed by atoms with E-state index in [-0.39, 0.29) is 30.1 Å². The van der Waals surface area contributed by atoms with Gasteiger partial charge in [-0.25, -0.2) is 9.69 Å². The van der Waals surface area contributed by atoms with Crippen molar-refractivity contribution in [3.63, 3.8) is 0 Å². The Labute approximate surface area is 129 Å². The normalized spacial score (nSPS) is 28.6. The Kier molecular flexibility index (Phi) is 3.96. The lowest BCUT2D eigenvalue weighted by atomic mass is 9.87. The number of ketones is 1. The van der Waals surface area contributed by atoms with Crippen LogP contribution in [0.3, 0.4) is 0 Å². The van der Waals surface area contributed by atoms with Crippen LogP contribution in [0.4, 0.5) is 4.79 Å². The van der Waals surface area contributed by atoms with Crippen LogP contribution in [0, 0.1) is 5.92 Å². The first-order valence-corrected chi connectivity index (χ1v) is 7.68. The maximum absolute atomic E-state index is 12.6. The second-order valence-corrected chi connectivity index (χ2v) is 6.00. The molecule has 0 aromatic heterocycles. The SMILES string of the molecule is CC1C(c2ccccc2)OC(=O)N1C(=O)[C@@H]1CCCC(=O)C1. The highest BCUT2D eigenvalue weighted by atomic mass is 16.6. The van der Waals surface area contributed by atoms with E-state index in [4.69, 9.17) is 4.74 Å². The summed E-state index contributed by atoms with van der Waals surface area (Å²) in [6.45, 7) is 1.81. The molecule has 0 bridgehead atoms. The van der Waals surface area contributed by atoms with Crippen molar-refractivity contribution in [2.24, 2.45) is 5.92 Å². The second kappa shape index (κ2) is 5.91. The molecule has 22 heavy (non-hydrogen) atoms. The highest BCUT2D eigenvalue weighted by Gasteiger charge is 2.45. The molecule has 1 aromatic carbocycles. The molecule has 1 aromatic rings. The van der Waals surface area contributed by atoms with Gasteiger partial charge in [0, 0.05) is 18.8 Å². The van der Waals surface area contributed by atoms with Gasteiger partial charge in [-0.1, -0.05) is 30.3 Å². The standard InChI is InChI=1S/C17H19NO4/c1-11-15(12-6-3-2-4-7-12)22-17(21)18(11)16(20)13-8-5-9-14(19)10-13/h2-4,6-7,11,13,15H,5,8-10H2,1H3/t11?,13-,15?/m1/s1. The van der Waals surface area contributed by atoms with Gasteiger partial charge in [0.1, 0.15) is 11.9 Å². The monoisotopic (exact) mass is 301 g/mol. The number of rotatable bonds is 2. The van der Waals surface area contributed by atoms with Gasteiger partial charge in [0.25, 0.3) is 0 Å². The Balaban J connectivity index is 1.78. The summed E-state index contributed by atoms with van der Waals surface area (Å²) in [7, 11) is 0. The topological polar surface area (TPSA) is 63.7 Å². The number of imide groups is 1. The fourth-order valence-electron chi connectivity index (χ4n) is 3.28. The number of Topliss-reactive ketones (excluding diaryl/α,β-unsaturated/α-hetero) is 1. The molecular weight excluding hydrogens is 282 g/mol. The van der Waals surface area contributed by atoms with Crippen molar-refractivity contribution in [3.05, 3.63) is 35.9 Å². The third-order valence-electron chi connectivity index (χ3n) is 4.47. The first-order chi connectivity index (χ1) is 10.6. The van der Waals surface area contributed by atoms with Crippen LogP contribution < -0.4 is 0 Å². The van der Waals surface area contributed by atoms with E-state index in [1.807, 2.05) is 37.3 Å². The van der Waals surface area contributed by atoms with E-state index in [0.717, 1.165) is 5.56 Å². The maximum Gasteiger partial charge on any atom is 0.417 e. The summed E-state index contributed by atoms with van der Waals surface area (Å²) in [6, 6.07) is 9.04. The fraction of sp³-hybridized carbons (Fsp3) is 0.471. The van der Waals surface area contributed by atoms with Crippen LogP contribution in [0.15, 0.2) is 30.3 Å². The molecule has 1 aliphatic heterocycles. The Morgan fingerprint density at radius 2 is 1.95 bits per heavy atom.